The second kappa shape index (κ2) is 8.88. The maximum atomic E-state index is 12.4. The molecule has 1 aromatic carbocycles. The summed E-state index contributed by atoms with van der Waals surface area (Å²) in [5.74, 6) is 0.572. The van der Waals surface area contributed by atoms with E-state index in [0.29, 0.717) is 18.0 Å². The van der Waals surface area contributed by atoms with Crippen LogP contribution in [0.2, 0.25) is 0 Å². The Morgan fingerprint density at radius 1 is 1.32 bits per heavy atom. The van der Waals surface area contributed by atoms with E-state index in [0.717, 1.165) is 56.6 Å². The second-order valence-electron chi connectivity index (χ2n) is 8.75. The van der Waals surface area contributed by atoms with E-state index in [2.05, 4.69) is 15.3 Å². The van der Waals surface area contributed by atoms with Crippen molar-refractivity contribution in [3.63, 3.8) is 0 Å². The van der Waals surface area contributed by atoms with Gasteiger partial charge in [-0.1, -0.05) is 6.07 Å². The number of aryl methyl sites for hydroxylation is 2. The zero-order valence-electron chi connectivity index (χ0n) is 18.6. The van der Waals surface area contributed by atoms with Gasteiger partial charge < -0.3 is 19.9 Å². The maximum absolute atomic E-state index is 12.4. The third kappa shape index (κ3) is 4.85. The number of amides is 1. The van der Waals surface area contributed by atoms with Crippen LogP contribution in [0.25, 0.3) is 0 Å². The molecule has 4 rings (SSSR count). The number of carbonyl (C=O) groups excluding carboxylic acids is 1. The molecule has 2 aromatic rings. The van der Waals surface area contributed by atoms with Gasteiger partial charge in [0.25, 0.3) is 5.91 Å². The number of aromatic hydroxyl groups is 1. The highest BCUT2D eigenvalue weighted by Gasteiger charge is 2.42. The third-order valence-corrected chi connectivity index (χ3v) is 6.48. The summed E-state index contributed by atoms with van der Waals surface area (Å²) in [6.45, 7) is 5.18. The molecule has 168 valence electrons. The van der Waals surface area contributed by atoms with Crippen LogP contribution in [0.1, 0.15) is 47.4 Å². The Hall–Kier alpha value is -2.58. The number of aromatic nitrogens is 2. The highest BCUT2D eigenvalue weighted by Crippen LogP contribution is 2.39. The van der Waals surface area contributed by atoms with Gasteiger partial charge in [-0.25, -0.2) is 0 Å². The number of hydrogen-bond acceptors (Lipinski definition) is 6. The largest absolute Gasteiger partial charge is 0.504 e. The number of benzene rings is 1. The van der Waals surface area contributed by atoms with E-state index < -0.39 is 0 Å². The van der Waals surface area contributed by atoms with Gasteiger partial charge in [0.2, 0.25) is 0 Å². The van der Waals surface area contributed by atoms with Gasteiger partial charge in [0.1, 0.15) is 5.69 Å². The Kier molecular flexibility index (Phi) is 6.20. The van der Waals surface area contributed by atoms with Gasteiger partial charge in [0.15, 0.2) is 11.5 Å². The molecule has 31 heavy (non-hydrogen) atoms. The predicted octanol–water partition coefficient (Wildman–Crippen LogP) is 2.39. The lowest BCUT2D eigenvalue weighted by Gasteiger charge is -2.39. The molecule has 2 saturated heterocycles. The lowest BCUT2D eigenvalue weighted by molar-refractivity contribution is -0.0764. The van der Waals surface area contributed by atoms with Gasteiger partial charge in [0.05, 0.1) is 24.5 Å². The number of methoxy groups -OCH3 is 1. The number of nitrogens with one attached hydrogen (secondary N) is 1. The zero-order chi connectivity index (χ0) is 22.0. The van der Waals surface area contributed by atoms with Crippen molar-refractivity contribution >= 4 is 5.91 Å². The molecule has 0 bridgehead atoms. The molecule has 0 unspecified atom stereocenters. The fraction of sp³-hybridized carbons (Fsp3) is 0.565. The van der Waals surface area contributed by atoms with E-state index in [1.807, 2.05) is 19.1 Å². The predicted molar refractivity (Wildman–Crippen MR) is 116 cm³/mol. The van der Waals surface area contributed by atoms with Crippen molar-refractivity contribution in [1.82, 2.24) is 20.0 Å². The minimum atomic E-state index is -0.105. The monoisotopic (exact) mass is 428 g/mol. The summed E-state index contributed by atoms with van der Waals surface area (Å²) in [6.07, 6.45) is 4.06. The molecule has 2 aliphatic heterocycles. The summed E-state index contributed by atoms with van der Waals surface area (Å²) in [7, 11) is 3.35. The van der Waals surface area contributed by atoms with Crippen LogP contribution in [0.15, 0.2) is 24.3 Å². The molecule has 2 N–H and O–H groups in total. The standard InChI is InChI=1S/C23H32N4O4/c1-16-12-19(26(2)25-16)22(29)24-14-18-6-7-23(31-18)8-10-27(11-9-23)15-17-4-5-20(28)21(13-17)30-3/h4-5,12-13,18,28H,6-11,14-15H2,1-3H3,(H,24,29)/t18-/m1/s1. The molecule has 8 heteroatoms. The number of hydrogen-bond donors (Lipinski definition) is 2. The smallest absolute Gasteiger partial charge is 0.269 e. The second-order valence-corrected chi connectivity index (χ2v) is 8.75. The Balaban J connectivity index is 1.25. The van der Waals surface area contributed by atoms with Crippen molar-refractivity contribution < 1.29 is 19.4 Å². The number of phenolic OH excluding ortho intramolecular Hbond substituents is 1. The van der Waals surface area contributed by atoms with Crippen molar-refractivity contribution in [2.45, 2.75) is 50.9 Å². The van der Waals surface area contributed by atoms with Crippen LogP contribution in [0.5, 0.6) is 11.5 Å². The molecule has 1 spiro atoms. The van der Waals surface area contributed by atoms with Gasteiger partial charge in [0, 0.05) is 33.2 Å². The number of ether oxygens (including phenoxy) is 2. The van der Waals surface area contributed by atoms with Crippen LogP contribution in [0.4, 0.5) is 0 Å². The average Bonchev–Trinajstić information content (AvgIpc) is 3.31. The van der Waals surface area contributed by atoms with E-state index in [1.54, 1.807) is 31.0 Å². The molecule has 0 saturated carbocycles. The normalized spacial score (nSPS) is 20.8. The third-order valence-electron chi connectivity index (χ3n) is 6.48. The van der Waals surface area contributed by atoms with Crippen LogP contribution in [-0.2, 0) is 18.3 Å². The van der Waals surface area contributed by atoms with Crippen molar-refractivity contribution in [2.75, 3.05) is 26.7 Å². The van der Waals surface area contributed by atoms with Crippen LogP contribution in [-0.4, -0.2) is 64.1 Å². The fourth-order valence-corrected chi connectivity index (χ4v) is 4.72. The lowest BCUT2D eigenvalue weighted by Crippen LogP contribution is -2.44. The van der Waals surface area contributed by atoms with Crippen LogP contribution < -0.4 is 10.1 Å². The average molecular weight is 429 g/mol. The highest BCUT2D eigenvalue weighted by molar-refractivity contribution is 5.92. The zero-order valence-corrected chi connectivity index (χ0v) is 18.6. The molecule has 0 aliphatic carbocycles. The van der Waals surface area contributed by atoms with Gasteiger partial charge in [-0.3, -0.25) is 14.4 Å². The van der Waals surface area contributed by atoms with Crippen molar-refractivity contribution in [3.05, 3.63) is 41.2 Å². The number of piperidine rings is 1. The number of rotatable bonds is 6. The topological polar surface area (TPSA) is 88.9 Å². The molecule has 2 aliphatic rings. The number of nitrogens with zero attached hydrogens (tertiary/aromatic N) is 3. The SMILES string of the molecule is COc1cc(CN2CCC3(CC[C@H](CNC(=O)c4cc(C)nn4C)O3)CC2)ccc1O. The van der Waals surface area contributed by atoms with E-state index in [-0.39, 0.29) is 23.4 Å². The molecular weight excluding hydrogens is 396 g/mol. The summed E-state index contributed by atoms with van der Waals surface area (Å²) in [6, 6.07) is 7.32. The summed E-state index contributed by atoms with van der Waals surface area (Å²) in [5.41, 5.74) is 2.47. The van der Waals surface area contributed by atoms with Gasteiger partial charge in [-0.2, -0.15) is 5.10 Å². The molecular formula is C23H32N4O4. The van der Waals surface area contributed by atoms with Crippen molar-refractivity contribution in [1.29, 1.82) is 0 Å². The Morgan fingerprint density at radius 2 is 2.10 bits per heavy atom. The summed E-state index contributed by atoms with van der Waals surface area (Å²) < 4.78 is 13.3. The first-order valence-corrected chi connectivity index (χ1v) is 10.9. The summed E-state index contributed by atoms with van der Waals surface area (Å²) >= 11 is 0. The highest BCUT2D eigenvalue weighted by atomic mass is 16.5. The van der Waals surface area contributed by atoms with Crippen LogP contribution in [0, 0.1) is 6.92 Å². The number of likely N-dealkylation sites (tertiary alicyclic amines) is 1. The molecule has 3 heterocycles. The van der Waals surface area contributed by atoms with Crippen LogP contribution in [0.3, 0.4) is 0 Å². The Labute approximate surface area is 183 Å². The van der Waals surface area contributed by atoms with Gasteiger partial charge in [-0.05, 0) is 56.4 Å². The Bertz CT molecular complexity index is 934. The number of phenols is 1. The number of carbonyl (C=O) groups is 1. The Morgan fingerprint density at radius 3 is 2.77 bits per heavy atom. The van der Waals surface area contributed by atoms with Gasteiger partial charge >= 0.3 is 0 Å². The minimum absolute atomic E-state index is 0.0613. The quantitative estimate of drug-likeness (QED) is 0.735. The molecule has 8 nitrogen and oxygen atoms in total. The van der Waals surface area contributed by atoms with Gasteiger partial charge in [-0.15, -0.1) is 0 Å². The minimum Gasteiger partial charge on any atom is -0.504 e. The lowest BCUT2D eigenvalue weighted by atomic mass is 9.88. The van der Waals surface area contributed by atoms with Crippen molar-refractivity contribution in [3.8, 4) is 11.5 Å². The summed E-state index contributed by atoms with van der Waals surface area (Å²) in [5, 5.41) is 17.0. The molecule has 2 fully saturated rings. The van der Waals surface area contributed by atoms with E-state index >= 15 is 0 Å². The van der Waals surface area contributed by atoms with E-state index in [9.17, 15) is 9.90 Å². The first kappa shape index (κ1) is 21.6. The molecule has 1 aromatic heterocycles. The van der Waals surface area contributed by atoms with E-state index in [1.165, 1.54) is 0 Å². The van der Waals surface area contributed by atoms with Crippen molar-refractivity contribution in [2.24, 2.45) is 7.05 Å². The maximum Gasteiger partial charge on any atom is 0.269 e. The summed E-state index contributed by atoms with van der Waals surface area (Å²) in [4.78, 5) is 14.8. The first-order chi connectivity index (χ1) is 14.9. The van der Waals surface area contributed by atoms with Crippen LogP contribution >= 0.6 is 0 Å². The molecule has 0 radical (unpaired) electrons. The molecule has 1 amide bonds. The molecule has 1 atom stereocenters. The first-order valence-electron chi connectivity index (χ1n) is 10.9. The van der Waals surface area contributed by atoms with E-state index in [4.69, 9.17) is 9.47 Å². The fourth-order valence-electron chi connectivity index (χ4n) is 4.72.